The van der Waals surface area contributed by atoms with E-state index in [0.29, 0.717) is 0 Å². The molecule has 0 spiro atoms. The van der Waals surface area contributed by atoms with E-state index < -0.39 is 5.41 Å². The molecule has 0 fully saturated rings. The normalized spacial score (nSPS) is 17.3. The van der Waals surface area contributed by atoms with E-state index in [-0.39, 0.29) is 5.92 Å². The van der Waals surface area contributed by atoms with Crippen LogP contribution in [0.4, 0.5) is 0 Å². The minimum Gasteiger partial charge on any atom is -0.309 e. The van der Waals surface area contributed by atoms with Gasteiger partial charge in [-0.3, -0.25) is 0 Å². The topological polar surface area (TPSA) is 9.86 Å². The number of rotatable bonds is 5. The molecule has 0 saturated carbocycles. The smallest absolute Gasteiger partial charge is 0.0547 e. The first-order valence-corrected chi connectivity index (χ1v) is 18.9. The van der Waals surface area contributed by atoms with Gasteiger partial charge in [-0.1, -0.05) is 159 Å². The molecule has 9 aromatic rings. The summed E-state index contributed by atoms with van der Waals surface area (Å²) in [5, 5.41) is 3.78. The van der Waals surface area contributed by atoms with E-state index in [4.69, 9.17) is 0 Å². The zero-order valence-electron chi connectivity index (χ0n) is 30.5. The minimum atomic E-state index is -0.533. The van der Waals surface area contributed by atoms with E-state index >= 15 is 0 Å². The Balaban J connectivity index is 1.43. The molecule has 2 heteroatoms. The van der Waals surface area contributed by atoms with E-state index in [0.717, 1.165) is 11.4 Å². The van der Waals surface area contributed by atoms with Crippen LogP contribution >= 0.6 is 0 Å². The van der Waals surface area contributed by atoms with Crippen LogP contribution in [0.25, 0.3) is 61.3 Å². The summed E-state index contributed by atoms with van der Waals surface area (Å²) in [5.74, 6) is 0.182. The van der Waals surface area contributed by atoms with Gasteiger partial charge in [0.1, 0.15) is 0 Å². The monoisotopic (exact) mass is 692 g/mol. The van der Waals surface area contributed by atoms with E-state index in [9.17, 15) is 0 Å². The molecule has 0 amide bonds. The van der Waals surface area contributed by atoms with Gasteiger partial charge in [-0.25, -0.2) is 0 Å². The predicted molar refractivity (Wildman–Crippen MR) is 228 cm³/mol. The van der Waals surface area contributed by atoms with Crippen molar-refractivity contribution >= 4 is 38.8 Å². The first-order chi connectivity index (χ1) is 26.6. The summed E-state index contributed by atoms with van der Waals surface area (Å²) in [6.45, 7) is 4.79. The number of hydrogen-bond acceptors (Lipinski definition) is 0. The van der Waals surface area contributed by atoms with Gasteiger partial charge < -0.3 is 9.13 Å². The number of benzene rings is 7. The molecule has 258 valence electrons. The molecular weight excluding hydrogens is 653 g/mol. The fraction of sp³-hybridized carbons (Fsp3) is 0.0769. The van der Waals surface area contributed by atoms with Crippen molar-refractivity contribution in [1.29, 1.82) is 0 Å². The van der Waals surface area contributed by atoms with Crippen molar-refractivity contribution in [2.45, 2.75) is 25.2 Å². The van der Waals surface area contributed by atoms with Crippen LogP contribution in [0, 0.1) is 0 Å². The van der Waals surface area contributed by atoms with Crippen molar-refractivity contribution in [1.82, 2.24) is 9.13 Å². The third-order valence-electron chi connectivity index (χ3n) is 11.7. The number of nitrogens with zero attached hydrogens (tertiary/aromatic N) is 2. The highest BCUT2D eigenvalue weighted by Crippen LogP contribution is 2.53. The highest BCUT2D eigenvalue weighted by atomic mass is 15.0. The highest BCUT2D eigenvalue weighted by molar-refractivity contribution is 6.15. The van der Waals surface area contributed by atoms with Crippen molar-refractivity contribution in [2.24, 2.45) is 0 Å². The molecule has 1 aliphatic rings. The van der Waals surface area contributed by atoms with Gasteiger partial charge in [0.05, 0.1) is 22.2 Å². The lowest BCUT2D eigenvalue weighted by Crippen LogP contribution is -2.28. The van der Waals surface area contributed by atoms with Crippen molar-refractivity contribution in [3.05, 3.63) is 222 Å². The van der Waals surface area contributed by atoms with Gasteiger partial charge in [0.2, 0.25) is 0 Å². The van der Waals surface area contributed by atoms with Crippen LogP contribution in [0.3, 0.4) is 0 Å². The van der Waals surface area contributed by atoms with E-state index in [1.54, 1.807) is 0 Å². The number of para-hydroxylation sites is 4. The zero-order valence-corrected chi connectivity index (χ0v) is 30.5. The van der Waals surface area contributed by atoms with Crippen LogP contribution in [-0.2, 0) is 5.41 Å². The van der Waals surface area contributed by atoms with Crippen molar-refractivity contribution in [3.8, 4) is 22.5 Å². The number of fused-ring (bicyclic) bond motifs is 9. The van der Waals surface area contributed by atoms with Crippen LogP contribution in [-0.4, -0.2) is 9.13 Å². The summed E-state index contributed by atoms with van der Waals surface area (Å²) in [7, 11) is 0. The summed E-state index contributed by atoms with van der Waals surface area (Å²) >= 11 is 0. The molecular formula is C52H40N2. The maximum atomic E-state index is 2.51. The van der Waals surface area contributed by atoms with Gasteiger partial charge in [-0.15, -0.1) is 0 Å². The van der Waals surface area contributed by atoms with E-state index in [1.165, 1.54) is 71.8 Å². The molecule has 2 aromatic heterocycles. The fourth-order valence-corrected chi connectivity index (χ4v) is 9.11. The molecule has 0 radical (unpaired) electrons. The summed E-state index contributed by atoms with van der Waals surface area (Å²) in [5.41, 5.74) is 14.2. The number of aromatic nitrogens is 2. The van der Waals surface area contributed by atoms with Gasteiger partial charge in [-0.05, 0) is 89.2 Å². The third kappa shape index (κ3) is 4.87. The molecule has 54 heavy (non-hydrogen) atoms. The molecule has 0 bridgehead atoms. The average Bonchev–Trinajstić information content (AvgIpc) is 3.75. The molecule has 2 unspecified atom stereocenters. The van der Waals surface area contributed by atoms with Gasteiger partial charge in [0.15, 0.2) is 0 Å². The Bertz CT molecular complexity index is 2870. The molecule has 2 atom stereocenters. The minimum absolute atomic E-state index is 0.182. The summed E-state index contributed by atoms with van der Waals surface area (Å²) in [4.78, 5) is 0. The maximum Gasteiger partial charge on any atom is 0.0547 e. The Labute approximate surface area is 316 Å². The average molecular weight is 693 g/mol. The van der Waals surface area contributed by atoms with Crippen molar-refractivity contribution in [2.75, 3.05) is 0 Å². The quantitative estimate of drug-likeness (QED) is 0.170. The highest BCUT2D eigenvalue weighted by Gasteiger charge is 2.40. The summed E-state index contributed by atoms with van der Waals surface area (Å²) in [6, 6.07) is 66.4. The fourth-order valence-electron chi connectivity index (χ4n) is 9.11. The second kappa shape index (κ2) is 12.8. The molecule has 7 aromatic carbocycles. The Hall–Kier alpha value is -6.64. The summed E-state index contributed by atoms with van der Waals surface area (Å²) < 4.78 is 4.90. The van der Waals surface area contributed by atoms with E-state index in [1.807, 2.05) is 0 Å². The largest absolute Gasteiger partial charge is 0.309 e. The Morgan fingerprint density at radius 3 is 1.70 bits per heavy atom. The lowest BCUT2D eigenvalue weighted by molar-refractivity contribution is 0.691. The maximum absolute atomic E-state index is 2.51. The van der Waals surface area contributed by atoms with Gasteiger partial charge in [0, 0.05) is 38.5 Å². The van der Waals surface area contributed by atoms with Gasteiger partial charge >= 0.3 is 0 Å². The second-order valence-electron chi connectivity index (χ2n) is 14.7. The molecule has 0 saturated heterocycles. The Kier molecular flexibility index (Phi) is 7.59. The number of hydrogen-bond donors (Lipinski definition) is 0. The van der Waals surface area contributed by atoms with E-state index in [2.05, 4.69) is 223 Å². The van der Waals surface area contributed by atoms with Crippen molar-refractivity contribution in [3.63, 3.8) is 0 Å². The SMILES string of the molecule is CC(/C=C1/C=C\c2c(c3ccccc3n2-c2ccccc2)-c2ccc3c(c2C1(C)c1ccccc1)c1ccccc1n3-c1ccccc1)c1ccccc1. The molecule has 2 nitrogen and oxygen atoms in total. The molecule has 0 N–H and O–H groups in total. The lowest BCUT2D eigenvalue weighted by Gasteiger charge is -2.37. The Morgan fingerprint density at radius 2 is 1.04 bits per heavy atom. The summed E-state index contributed by atoms with van der Waals surface area (Å²) in [6.07, 6.45) is 7.31. The molecule has 1 aliphatic carbocycles. The first-order valence-electron chi connectivity index (χ1n) is 18.9. The number of allylic oxidation sites excluding steroid dienone is 3. The van der Waals surface area contributed by atoms with Crippen LogP contribution in [0.15, 0.2) is 200 Å². The van der Waals surface area contributed by atoms with Gasteiger partial charge in [-0.2, -0.15) is 0 Å². The molecule has 10 rings (SSSR count). The standard InChI is InChI=1S/C52H40N2/c1-36(37-19-7-3-8-20-37)35-39-31-33-47-49(42-27-15-17-29-45(42)53(47)40-23-11-5-12-24-40)44-32-34-48-50(51(44)52(39,2)38-21-9-4-10-22-38)43-28-16-18-30-46(43)54(48)41-25-13-6-14-26-41/h3-36H,1-2H3/b33-31-,39-35-. The third-order valence-corrected chi connectivity index (χ3v) is 11.7. The van der Waals surface area contributed by atoms with Crippen LogP contribution < -0.4 is 0 Å². The molecule has 2 heterocycles. The van der Waals surface area contributed by atoms with Crippen LogP contribution in [0.1, 0.15) is 42.1 Å². The van der Waals surface area contributed by atoms with Crippen molar-refractivity contribution < 1.29 is 0 Å². The predicted octanol–water partition coefficient (Wildman–Crippen LogP) is 13.5. The second-order valence-corrected chi connectivity index (χ2v) is 14.7. The van der Waals surface area contributed by atoms with Crippen LogP contribution in [0.5, 0.6) is 0 Å². The molecule has 0 aliphatic heterocycles. The lowest BCUT2D eigenvalue weighted by atomic mass is 9.65. The first kappa shape index (κ1) is 32.0. The van der Waals surface area contributed by atoms with Crippen LogP contribution in [0.2, 0.25) is 0 Å². The zero-order chi connectivity index (χ0) is 36.2. The van der Waals surface area contributed by atoms with Gasteiger partial charge in [0.25, 0.3) is 0 Å². The Morgan fingerprint density at radius 1 is 0.500 bits per heavy atom.